The van der Waals surface area contributed by atoms with Gasteiger partial charge in [0.2, 0.25) is 0 Å². The molecule has 0 spiro atoms. The number of amides is 1. The van der Waals surface area contributed by atoms with Crippen molar-refractivity contribution in [3.63, 3.8) is 0 Å². The Hall–Kier alpha value is -3.29. The van der Waals surface area contributed by atoms with Gasteiger partial charge in [0.1, 0.15) is 11.5 Å². The Balaban J connectivity index is 1.42. The molecule has 148 valence electrons. The highest BCUT2D eigenvalue weighted by Gasteiger charge is 2.18. The predicted molar refractivity (Wildman–Crippen MR) is 121 cm³/mol. The zero-order valence-corrected chi connectivity index (χ0v) is 17.3. The standard InChI is InChI=1S/C23H16FN3OS2/c24-17-8-6-16(7-9-17)18-14-30-23(25-18)26-22(28)20-12-21-19(10-11-29-21)27(20)13-15-4-2-1-3-5-15/h1-12,14H,13H2,(H,25,26,28). The van der Waals surface area contributed by atoms with E-state index in [1.165, 1.54) is 23.5 Å². The van der Waals surface area contributed by atoms with Crippen LogP contribution in [0, 0.1) is 5.82 Å². The Bertz CT molecular complexity index is 1320. The van der Waals surface area contributed by atoms with E-state index < -0.39 is 0 Å². The van der Waals surface area contributed by atoms with Crippen molar-refractivity contribution in [3.05, 3.63) is 94.6 Å². The van der Waals surface area contributed by atoms with Gasteiger partial charge in [0.25, 0.3) is 5.91 Å². The first-order valence-electron chi connectivity index (χ1n) is 9.31. The van der Waals surface area contributed by atoms with Crippen LogP contribution in [-0.2, 0) is 6.54 Å². The number of halogens is 1. The molecule has 3 aromatic heterocycles. The van der Waals surface area contributed by atoms with E-state index in [9.17, 15) is 9.18 Å². The summed E-state index contributed by atoms with van der Waals surface area (Å²) in [6.45, 7) is 0.614. The molecule has 1 N–H and O–H groups in total. The van der Waals surface area contributed by atoms with Crippen LogP contribution in [0.1, 0.15) is 16.1 Å². The van der Waals surface area contributed by atoms with Crippen molar-refractivity contribution in [1.82, 2.24) is 9.55 Å². The molecule has 1 amide bonds. The summed E-state index contributed by atoms with van der Waals surface area (Å²) in [5.41, 5.74) is 4.28. The maximum absolute atomic E-state index is 13.1. The molecule has 0 aliphatic heterocycles. The Morgan fingerprint density at radius 3 is 2.63 bits per heavy atom. The third-order valence-corrected chi connectivity index (χ3v) is 6.41. The first-order valence-corrected chi connectivity index (χ1v) is 11.1. The molecule has 30 heavy (non-hydrogen) atoms. The van der Waals surface area contributed by atoms with Gasteiger partial charge in [0.15, 0.2) is 5.13 Å². The van der Waals surface area contributed by atoms with Crippen LogP contribution in [0.4, 0.5) is 9.52 Å². The summed E-state index contributed by atoms with van der Waals surface area (Å²) in [5, 5.41) is 7.31. The number of thiazole rings is 1. The summed E-state index contributed by atoms with van der Waals surface area (Å²) in [6.07, 6.45) is 0. The number of nitrogens with one attached hydrogen (secondary N) is 1. The highest BCUT2D eigenvalue weighted by atomic mass is 32.1. The van der Waals surface area contributed by atoms with E-state index in [2.05, 4.69) is 22.4 Å². The predicted octanol–water partition coefficient (Wildman–Crippen LogP) is 6.27. The van der Waals surface area contributed by atoms with Crippen LogP contribution >= 0.6 is 22.7 Å². The lowest BCUT2D eigenvalue weighted by Gasteiger charge is -2.10. The molecular weight excluding hydrogens is 417 g/mol. The number of carbonyl (C=O) groups excluding carboxylic acids is 1. The molecule has 5 rings (SSSR count). The lowest BCUT2D eigenvalue weighted by molar-refractivity contribution is 0.101. The van der Waals surface area contributed by atoms with Crippen LogP contribution in [0.15, 0.2) is 77.5 Å². The van der Waals surface area contributed by atoms with Gasteiger partial charge in [-0.3, -0.25) is 10.1 Å². The molecule has 7 heteroatoms. The van der Waals surface area contributed by atoms with E-state index in [0.717, 1.165) is 21.3 Å². The quantitative estimate of drug-likeness (QED) is 0.355. The molecule has 0 fully saturated rings. The van der Waals surface area contributed by atoms with Crippen LogP contribution < -0.4 is 5.32 Å². The molecule has 3 heterocycles. The van der Waals surface area contributed by atoms with Crippen LogP contribution in [0.3, 0.4) is 0 Å². The van der Waals surface area contributed by atoms with E-state index in [1.54, 1.807) is 23.5 Å². The Morgan fingerprint density at radius 2 is 1.83 bits per heavy atom. The first kappa shape index (κ1) is 18.7. The fourth-order valence-electron chi connectivity index (χ4n) is 3.35. The summed E-state index contributed by atoms with van der Waals surface area (Å²) in [6, 6.07) is 20.2. The lowest BCUT2D eigenvalue weighted by Crippen LogP contribution is -2.17. The summed E-state index contributed by atoms with van der Waals surface area (Å²) in [7, 11) is 0. The molecule has 0 aliphatic rings. The smallest absolute Gasteiger partial charge is 0.274 e. The van der Waals surface area contributed by atoms with Crippen LogP contribution in [-0.4, -0.2) is 15.5 Å². The normalized spacial score (nSPS) is 11.1. The highest BCUT2D eigenvalue weighted by molar-refractivity contribution is 7.17. The van der Waals surface area contributed by atoms with E-state index in [4.69, 9.17) is 0 Å². The average Bonchev–Trinajstić information content (AvgIpc) is 3.47. The number of aromatic nitrogens is 2. The molecular formula is C23H16FN3OS2. The van der Waals surface area contributed by atoms with Crippen molar-refractivity contribution in [2.24, 2.45) is 0 Å². The zero-order chi connectivity index (χ0) is 20.5. The third kappa shape index (κ3) is 3.65. The molecule has 0 bridgehead atoms. The number of nitrogens with zero attached hydrogens (tertiary/aromatic N) is 2. The number of hydrogen-bond acceptors (Lipinski definition) is 4. The molecule has 0 atom stereocenters. The second kappa shape index (κ2) is 7.85. The average molecular weight is 434 g/mol. The summed E-state index contributed by atoms with van der Waals surface area (Å²) >= 11 is 2.96. The zero-order valence-electron chi connectivity index (χ0n) is 15.7. The number of fused-ring (bicyclic) bond motifs is 1. The number of benzene rings is 2. The van der Waals surface area contributed by atoms with Gasteiger partial charge in [-0.2, -0.15) is 0 Å². The van der Waals surface area contributed by atoms with E-state index >= 15 is 0 Å². The van der Waals surface area contributed by atoms with Crippen molar-refractivity contribution < 1.29 is 9.18 Å². The number of anilines is 1. The molecule has 2 aromatic carbocycles. The summed E-state index contributed by atoms with van der Waals surface area (Å²) in [5.74, 6) is -0.490. The Kier molecular flexibility index (Phi) is 4.90. The maximum Gasteiger partial charge on any atom is 0.274 e. The second-order valence-electron chi connectivity index (χ2n) is 6.77. The number of thiophene rings is 1. The van der Waals surface area contributed by atoms with E-state index in [-0.39, 0.29) is 11.7 Å². The molecule has 0 aliphatic carbocycles. The molecule has 0 saturated heterocycles. The van der Waals surface area contributed by atoms with E-state index in [0.29, 0.717) is 23.1 Å². The van der Waals surface area contributed by atoms with Crippen molar-refractivity contribution in [1.29, 1.82) is 0 Å². The highest BCUT2D eigenvalue weighted by Crippen LogP contribution is 2.29. The van der Waals surface area contributed by atoms with Gasteiger partial charge >= 0.3 is 0 Å². The van der Waals surface area contributed by atoms with Gasteiger partial charge in [0.05, 0.1) is 15.9 Å². The topological polar surface area (TPSA) is 46.9 Å². The Labute approximate surface area is 180 Å². The summed E-state index contributed by atoms with van der Waals surface area (Å²) < 4.78 is 16.3. The Morgan fingerprint density at radius 1 is 1.03 bits per heavy atom. The third-order valence-electron chi connectivity index (χ3n) is 4.80. The van der Waals surface area contributed by atoms with Crippen molar-refractivity contribution in [2.75, 3.05) is 5.32 Å². The largest absolute Gasteiger partial charge is 0.331 e. The molecule has 0 saturated carbocycles. The minimum atomic E-state index is -0.290. The maximum atomic E-state index is 13.1. The van der Waals surface area contributed by atoms with Crippen LogP contribution in [0.5, 0.6) is 0 Å². The second-order valence-corrected chi connectivity index (χ2v) is 8.58. The van der Waals surface area contributed by atoms with Gasteiger partial charge in [-0.25, -0.2) is 9.37 Å². The fourth-order valence-corrected chi connectivity index (χ4v) is 4.88. The molecule has 4 nitrogen and oxygen atoms in total. The van der Waals surface area contributed by atoms with Crippen LogP contribution in [0.25, 0.3) is 21.5 Å². The minimum absolute atomic E-state index is 0.200. The number of rotatable bonds is 5. The SMILES string of the molecule is O=C(Nc1nc(-c2ccc(F)cc2)cs1)c1cc2sccc2n1Cc1ccccc1. The van der Waals surface area contributed by atoms with Crippen molar-refractivity contribution in [3.8, 4) is 11.3 Å². The van der Waals surface area contributed by atoms with Gasteiger partial charge < -0.3 is 4.57 Å². The molecule has 5 aromatic rings. The lowest BCUT2D eigenvalue weighted by atomic mass is 10.2. The molecule has 0 radical (unpaired) electrons. The van der Waals surface area contributed by atoms with Crippen LogP contribution in [0.2, 0.25) is 0 Å². The fraction of sp³-hybridized carbons (Fsp3) is 0.0435. The van der Waals surface area contributed by atoms with E-state index in [1.807, 2.05) is 45.7 Å². The van der Waals surface area contributed by atoms with Gasteiger partial charge in [-0.05, 0) is 47.3 Å². The number of hydrogen-bond donors (Lipinski definition) is 1. The van der Waals surface area contributed by atoms with Crippen molar-refractivity contribution >= 4 is 43.9 Å². The van der Waals surface area contributed by atoms with Gasteiger partial charge in [-0.1, -0.05) is 30.3 Å². The monoisotopic (exact) mass is 433 g/mol. The number of carbonyl (C=O) groups is 1. The summed E-state index contributed by atoms with van der Waals surface area (Å²) in [4.78, 5) is 17.6. The first-order chi connectivity index (χ1) is 14.7. The minimum Gasteiger partial charge on any atom is -0.331 e. The molecule has 0 unspecified atom stereocenters. The van der Waals surface area contributed by atoms with Gasteiger partial charge in [-0.15, -0.1) is 22.7 Å². The van der Waals surface area contributed by atoms with Crippen molar-refractivity contribution in [2.45, 2.75) is 6.54 Å². The van der Waals surface area contributed by atoms with Gasteiger partial charge in [0, 0.05) is 17.5 Å².